The van der Waals surface area contributed by atoms with Crippen LogP contribution in [0.2, 0.25) is 0 Å². The molecule has 10 aromatic carbocycles. The SMILES string of the molecule is CC(C)(C)COC(=O)Nc1cccc(-c2n[nH]c3ccc(-c4ncn[nH]4)cc23)c1.CC(C)(C)COC(=O)Nc1cccc(-c2n[nH]c3ccc(C(N)=O)cc23)c1.O=C(NC1Cc2ccccc2C1)c1cccc(-c2n[nH]c3ccc(-c4ncn[nH]4)cc23)c1.O=C(Nc1ccc(F)cc1)c1cccc(-c2n[nH]c3ccc(-c4ncn[nH]4)cc23)c1. The average Bonchev–Trinajstić information content (AvgIpc) is 1.65. The molecule has 30 heteroatoms. The Morgan fingerprint density at radius 1 is 0.390 bits per heavy atom. The first-order valence-electron chi connectivity index (χ1n) is 37.6. The number of carbonyl (C=O) groups excluding carboxylic acids is 5. The number of benzene rings is 10. The summed E-state index contributed by atoms with van der Waals surface area (Å²) in [7, 11) is 0. The van der Waals surface area contributed by atoms with E-state index in [1.807, 2.05) is 163 Å². The van der Waals surface area contributed by atoms with Crippen molar-refractivity contribution >= 4 is 90.6 Å². The number of amides is 5. The zero-order chi connectivity index (χ0) is 82.0. The molecule has 17 aromatic rings. The lowest BCUT2D eigenvalue weighted by atomic mass is 9.99. The molecule has 0 radical (unpaired) electrons. The molecule has 7 heterocycles. The summed E-state index contributed by atoms with van der Waals surface area (Å²) in [6.07, 6.45) is 5.18. The van der Waals surface area contributed by atoms with E-state index in [-0.39, 0.29) is 34.5 Å². The van der Waals surface area contributed by atoms with Crippen LogP contribution in [-0.4, -0.2) is 135 Å². The van der Waals surface area contributed by atoms with Gasteiger partial charge in [0.15, 0.2) is 17.5 Å². The van der Waals surface area contributed by atoms with Crippen LogP contribution in [0.3, 0.4) is 0 Å². The van der Waals surface area contributed by atoms with Crippen LogP contribution in [0.15, 0.2) is 237 Å². The van der Waals surface area contributed by atoms with Gasteiger partial charge >= 0.3 is 12.2 Å². The van der Waals surface area contributed by atoms with E-state index in [0.717, 1.165) is 112 Å². The van der Waals surface area contributed by atoms with Gasteiger partial charge in [0, 0.05) is 100 Å². The monoisotopic (exact) mass is 1570 g/mol. The maximum atomic E-state index is 13.1. The number of fused-ring (bicyclic) bond motifs is 5. The summed E-state index contributed by atoms with van der Waals surface area (Å²) < 4.78 is 23.6. The summed E-state index contributed by atoms with van der Waals surface area (Å²) >= 11 is 0. The lowest BCUT2D eigenvalue weighted by Gasteiger charge is -2.18. The zero-order valence-corrected chi connectivity index (χ0v) is 64.7. The smallest absolute Gasteiger partial charge is 0.411 e. The molecule has 0 fully saturated rings. The van der Waals surface area contributed by atoms with Gasteiger partial charge in [-0.2, -0.15) is 35.7 Å². The van der Waals surface area contributed by atoms with Gasteiger partial charge in [0.25, 0.3) is 11.8 Å². The Morgan fingerprint density at radius 2 is 0.771 bits per heavy atom. The molecule has 7 aromatic heterocycles. The second kappa shape index (κ2) is 34.0. The molecule has 5 amide bonds. The molecule has 0 saturated carbocycles. The molecule has 1 aliphatic rings. The van der Waals surface area contributed by atoms with Gasteiger partial charge in [-0.25, -0.2) is 28.9 Å². The standard InChI is InChI=1S/C25H20N6O.C22H15FN6O.C21H22N6O2.C20H22N4O3/c32-25(28-20-11-15-4-1-2-5-16(15)12-20)19-7-3-6-17(10-19)23-21-13-18(24-26-14-27-31-24)8-9-22(21)29-30-23;23-16-5-7-17(8-6-16)26-22(30)15-3-1-2-13(10-15)20-18-11-14(21-24-12-25-29-21)4-9-19(18)27-28-20;1-21(2,3)11-29-20(28)24-15-6-4-5-13(9-15)18-16-10-14(19-22-12-23-27-19)7-8-17(16)25-26-18;1-20(2,3)11-27-19(26)22-14-6-4-5-12(9-14)17-15-10-13(18(21)25)7-8-16(15)23-24-17/h1-10,13-14,20H,11-12H2,(H,28,32)(H,29,30)(H,26,27,31);1-12H,(H,26,30)(H,27,28)(H,24,25,29);4-10,12H,11H2,1-3H3,(H,24,28)(H,25,26)(H,22,23,27);4-10H,11H2,1-3H3,(H2,21,25)(H,22,26)(H,23,24). The number of halogens is 1. The third-order valence-corrected chi connectivity index (χ3v) is 18.9. The number of primary amides is 1. The Bertz CT molecular complexity index is 6450. The van der Waals surface area contributed by atoms with E-state index in [0.29, 0.717) is 70.1 Å². The van der Waals surface area contributed by atoms with E-state index >= 15 is 0 Å². The number of rotatable bonds is 16. The number of nitrogens with two attached hydrogens (primary N) is 1. The number of H-pyrrole nitrogens is 7. The highest BCUT2D eigenvalue weighted by molar-refractivity contribution is 6.06. The number of hydrogen-bond donors (Lipinski definition) is 12. The second-order valence-electron chi connectivity index (χ2n) is 30.4. The van der Waals surface area contributed by atoms with Gasteiger partial charge in [0.1, 0.15) is 24.8 Å². The maximum Gasteiger partial charge on any atom is 0.411 e. The van der Waals surface area contributed by atoms with Crippen LogP contribution in [0.5, 0.6) is 0 Å². The van der Waals surface area contributed by atoms with E-state index in [1.165, 1.54) is 54.4 Å². The summed E-state index contributed by atoms with van der Waals surface area (Å²) in [5.74, 6) is 0.848. The molecule has 0 aliphatic heterocycles. The van der Waals surface area contributed by atoms with Crippen LogP contribution in [0.1, 0.15) is 83.7 Å². The van der Waals surface area contributed by atoms with Crippen molar-refractivity contribution in [3.05, 3.63) is 271 Å². The van der Waals surface area contributed by atoms with Crippen LogP contribution >= 0.6 is 0 Å². The molecular formula is C88H79FN22O7. The van der Waals surface area contributed by atoms with Crippen molar-refractivity contribution in [2.75, 3.05) is 29.2 Å². The predicted octanol–water partition coefficient (Wildman–Crippen LogP) is 16.9. The summed E-state index contributed by atoms with van der Waals surface area (Å²) in [5, 5.41) is 65.2. The van der Waals surface area contributed by atoms with Crippen molar-refractivity contribution in [3.63, 3.8) is 0 Å². The van der Waals surface area contributed by atoms with Crippen molar-refractivity contribution < 1.29 is 37.8 Å². The maximum absolute atomic E-state index is 13.1. The molecule has 0 spiro atoms. The number of hydrogen-bond acceptors (Lipinski definition) is 17. The van der Waals surface area contributed by atoms with Crippen LogP contribution in [0.25, 0.3) is 123 Å². The lowest BCUT2D eigenvalue weighted by Crippen LogP contribution is -2.35. The Hall–Kier alpha value is -15.6. The van der Waals surface area contributed by atoms with Crippen LogP contribution in [-0.2, 0) is 22.3 Å². The number of nitrogens with zero attached hydrogens (tertiary/aromatic N) is 10. The fourth-order valence-corrected chi connectivity index (χ4v) is 13.2. The lowest BCUT2D eigenvalue weighted by molar-refractivity contribution is 0.0936. The predicted molar refractivity (Wildman–Crippen MR) is 449 cm³/mol. The minimum absolute atomic E-state index is 0.0631. The van der Waals surface area contributed by atoms with Crippen molar-refractivity contribution in [1.29, 1.82) is 0 Å². The molecule has 0 atom stereocenters. The number of aromatic amines is 7. The largest absolute Gasteiger partial charge is 0.449 e. The van der Waals surface area contributed by atoms with E-state index in [2.05, 4.69) is 132 Å². The van der Waals surface area contributed by atoms with Gasteiger partial charge in [-0.1, -0.05) is 114 Å². The van der Waals surface area contributed by atoms with Crippen molar-refractivity contribution in [3.8, 4) is 79.2 Å². The normalized spacial score (nSPS) is 11.9. The molecule has 18 rings (SSSR count). The Balaban J connectivity index is 0.000000123. The molecule has 0 bridgehead atoms. The fraction of sp³-hybridized carbons (Fsp3) is 0.148. The molecular weight excluding hydrogens is 1500 g/mol. The topological polar surface area (TPSA) is 417 Å². The highest BCUT2D eigenvalue weighted by Gasteiger charge is 2.25. The summed E-state index contributed by atoms with van der Waals surface area (Å²) in [4.78, 5) is 73.8. The second-order valence-corrected chi connectivity index (χ2v) is 30.4. The molecule has 13 N–H and O–H groups in total. The van der Waals surface area contributed by atoms with Crippen LogP contribution in [0, 0.1) is 16.6 Å². The van der Waals surface area contributed by atoms with Gasteiger partial charge in [-0.05, 0) is 180 Å². The average molecular weight is 1580 g/mol. The Kier molecular flexibility index (Phi) is 22.4. The van der Waals surface area contributed by atoms with E-state index in [1.54, 1.807) is 48.5 Å². The molecule has 1 aliphatic carbocycles. The third-order valence-electron chi connectivity index (χ3n) is 18.9. The van der Waals surface area contributed by atoms with Crippen molar-refractivity contribution in [2.24, 2.45) is 16.6 Å². The van der Waals surface area contributed by atoms with E-state index < -0.39 is 18.1 Å². The fourth-order valence-electron chi connectivity index (χ4n) is 13.2. The Morgan fingerprint density at radius 3 is 1.16 bits per heavy atom. The highest BCUT2D eigenvalue weighted by Crippen LogP contribution is 2.36. The Labute approximate surface area is 673 Å². The molecule has 118 heavy (non-hydrogen) atoms. The van der Waals surface area contributed by atoms with Gasteiger partial charge in [-0.15, -0.1) is 0 Å². The quantitative estimate of drug-likeness (QED) is 0.0427. The van der Waals surface area contributed by atoms with E-state index in [9.17, 15) is 28.4 Å². The number of nitrogens with one attached hydrogen (secondary N) is 11. The van der Waals surface area contributed by atoms with E-state index in [4.69, 9.17) is 15.2 Å². The number of ether oxygens (including phenoxy) is 2. The molecule has 29 nitrogen and oxygen atoms in total. The first-order valence-corrected chi connectivity index (χ1v) is 37.6. The minimum Gasteiger partial charge on any atom is -0.449 e. The number of carbonyl (C=O) groups is 5. The first kappa shape index (κ1) is 77.7. The summed E-state index contributed by atoms with van der Waals surface area (Å²) in [6.45, 7) is 12.7. The first-order chi connectivity index (χ1) is 57.0. The minimum atomic E-state index is -0.509. The van der Waals surface area contributed by atoms with Crippen molar-refractivity contribution in [2.45, 2.75) is 60.4 Å². The molecule has 0 unspecified atom stereocenters. The van der Waals surface area contributed by atoms with Crippen LogP contribution in [0.4, 0.5) is 31.0 Å². The number of aromatic nitrogens is 17. The molecule has 590 valence electrons. The summed E-state index contributed by atoms with van der Waals surface area (Å²) in [5.41, 5.74) is 23.6. The highest BCUT2D eigenvalue weighted by atomic mass is 19.1. The van der Waals surface area contributed by atoms with Crippen LogP contribution < -0.4 is 27.0 Å². The third kappa shape index (κ3) is 18.7. The van der Waals surface area contributed by atoms with Gasteiger partial charge in [0.05, 0.1) is 58.1 Å². The molecule has 0 saturated heterocycles. The van der Waals surface area contributed by atoms with Gasteiger partial charge in [0.2, 0.25) is 5.91 Å². The van der Waals surface area contributed by atoms with Gasteiger partial charge < -0.3 is 25.8 Å². The zero-order valence-electron chi connectivity index (χ0n) is 64.7. The summed E-state index contributed by atoms with van der Waals surface area (Å²) in [6, 6.07) is 66.5. The van der Waals surface area contributed by atoms with Crippen molar-refractivity contribution in [1.82, 2.24) is 91.7 Å². The number of anilines is 3. The van der Waals surface area contributed by atoms with Gasteiger partial charge in [-0.3, -0.25) is 60.7 Å².